The summed E-state index contributed by atoms with van der Waals surface area (Å²) in [5.74, 6) is -0.147. The standard InChI is InChI=1S/C13H18BrF3N2O/c1-12(2,4-5-20-3)8-19-11-10(13(15,16)17)6-9(14)7-18-11/h6-7H,4-5,8H2,1-3H3,(H,18,19). The van der Waals surface area contributed by atoms with Crippen molar-refractivity contribution in [2.24, 2.45) is 5.41 Å². The molecule has 20 heavy (non-hydrogen) atoms. The van der Waals surface area contributed by atoms with Gasteiger partial charge in [-0.1, -0.05) is 13.8 Å². The Kier molecular flexibility index (Phi) is 5.82. The van der Waals surface area contributed by atoms with Gasteiger partial charge in [0.25, 0.3) is 0 Å². The molecule has 0 amide bonds. The van der Waals surface area contributed by atoms with Crippen molar-refractivity contribution in [3.05, 3.63) is 22.3 Å². The Morgan fingerprint density at radius 1 is 1.35 bits per heavy atom. The molecule has 114 valence electrons. The van der Waals surface area contributed by atoms with E-state index in [1.54, 1.807) is 7.11 Å². The molecule has 1 heterocycles. The van der Waals surface area contributed by atoms with Crippen molar-refractivity contribution >= 4 is 21.7 Å². The predicted molar refractivity (Wildman–Crippen MR) is 75.7 cm³/mol. The number of halogens is 4. The third kappa shape index (κ3) is 5.28. The fourth-order valence-electron chi connectivity index (χ4n) is 1.59. The second-order valence-electron chi connectivity index (χ2n) is 5.31. The number of pyridine rings is 1. The molecule has 1 rings (SSSR count). The minimum absolute atomic E-state index is 0.147. The summed E-state index contributed by atoms with van der Waals surface area (Å²) >= 11 is 3.01. The van der Waals surface area contributed by atoms with Crippen LogP contribution in [-0.4, -0.2) is 25.2 Å². The van der Waals surface area contributed by atoms with Gasteiger partial charge >= 0.3 is 6.18 Å². The highest BCUT2D eigenvalue weighted by Gasteiger charge is 2.35. The first kappa shape index (κ1) is 17.2. The first-order valence-electron chi connectivity index (χ1n) is 6.11. The number of ether oxygens (including phenoxy) is 1. The van der Waals surface area contributed by atoms with Crippen LogP contribution in [0.3, 0.4) is 0 Å². The molecule has 0 aromatic carbocycles. The SMILES string of the molecule is COCCC(C)(C)CNc1ncc(Br)cc1C(F)(F)F. The van der Waals surface area contributed by atoms with E-state index in [0.717, 1.165) is 12.5 Å². The molecular formula is C13H18BrF3N2O. The number of aromatic nitrogens is 1. The normalized spacial score (nSPS) is 12.6. The van der Waals surface area contributed by atoms with E-state index in [4.69, 9.17) is 4.74 Å². The van der Waals surface area contributed by atoms with E-state index in [0.29, 0.717) is 17.6 Å². The van der Waals surface area contributed by atoms with Gasteiger partial charge < -0.3 is 10.1 Å². The highest BCUT2D eigenvalue weighted by atomic mass is 79.9. The molecule has 0 fully saturated rings. The first-order valence-corrected chi connectivity index (χ1v) is 6.90. The maximum Gasteiger partial charge on any atom is 0.419 e. The van der Waals surface area contributed by atoms with Gasteiger partial charge in [0.05, 0.1) is 5.56 Å². The maximum absolute atomic E-state index is 12.9. The molecule has 1 aromatic rings. The van der Waals surface area contributed by atoms with Gasteiger partial charge in [0.2, 0.25) is 0 Å². The third-order valence-electron chi connectivity index (χ3n) is 2.88. The highest BCUT2D eigenvalue weighted by molar-refractivity contribution is 9.10. The number of nitrogens with one attached hydrogen (secondary N) is 1. The minimum atomic E-state index is -4.43. The average Bonchev–Trinajstić information content (AvgIpc) is 2.34. The maximum atomic E-state index is 12.9. The number of methoxy groups -OCH3 is 1. The van der Waals surface area contributed by atoms with E-state index in [9.17, 15) is 13.2 Å². The van der Waals surface area contributed by atoms with E-state index < -0.39 is 11.7 Å². The molecule has 0 radical (unpaired) electrons. The predicted octanol–water partition coefficient (Wildman–Crippen LogP) is 4.34. The number of anilines is 1. The molecule has 3 nitrogen and oxygen atoms in total. The second kappa shape index (κ2) is 6.76. The van der Waals surface area contributed by atoms with Crippen LogP contribution in [-0.2, 0) is 10.9 Å². The van der Waals surface area contributed by atoms with Gasteiger partial charge in [-0.25, -0.2) is 4.98 Å². The van der Waals surface area contributed by atoms with Gasteiger partial charge in [0.15, 0.2) is 0 Å². The van der Waals surface area contributed by atoms with Crippen molar-refractivity contribution in [3.8, 4) is 0 Å². The molecule has 0 atom stereocenters. The summed E-state index contributed by atoms with van der Waals surface area (Å²) in [5, 5.41) is 2.79. The van der Waals surface area contributed by atoms with Crippen LogP contribution in [0.5, 0.6) is 0 Å². The second-order valence-corrected chi connectivity index (χ2v) is 6.22. The molecule has 7 heteroatoms. The van der Waals surface area contributed by atoms with Crippen LogP contribution >= 0.6 is 15.9 Å². The smallest absolute Gasteiger partial charge is 0.385 e. The van der Waals surface area contributed by atoms with Gasteiger partial charge in [-0.05, 0) is 33.8 Å². The van der Waals surface area contributed by atoms with Crippen molar-refractivity contribution in [1.29, 1.82) is 0 Å². The summed E-state index contributed by atoms with van der Waals surface area (Å²) in [6, 6.07) is 1.03. The largest absolute Gasteiger partial charge is 0.419 e. The van der Waals surface area contributed by atoms with Crippen LogP contribution in [0.4, 0.5) is 19.0 Å². The van der Waals surface area contributed by atoms with Gasteiger partial charge in [-0.3, -0.25) is 0 Å². The molecule has 0 unspecified atom stereocenters. The molecule has 1 N–H and O–H groups in total. The Hall–Kier alpha value is -0.820. The Morgan fingerprint density at radius 2 is 2.00 bits per heavy atom. The van der Waals surface area contributed by atoms with Crippen LogP contribution in [0.25, 0.3) is 0 Å². The fourth-order valence-corrected chi connectivity index (χ4v) is 1.92. The van der Waals surface area contributed by atoms with E-state index in [-0.39, 0.29) is 11.2 Å². The fraction of sp³-hybridized carbons (Fsp3) is 0.615. The van der Waals surface area contributed by atoms with Crippen molar-refractivity contribution in [1.82, 2.24) is 4.98 Å². The molecule has 0 saturated carbocycles. The average molecular weight is 355 g/mol. The number of alkyl halides is 3. The Bertz CT molecular complexity index is 450. The molecular weight excluding hydrogens is 337 g/mol. The lowest BCUT2D eigenvalue weighted by Crippen LogP contribution is -2.26. The molecule has 0 spiro atoms. The molecule has 1 aromatic heterocycles. The zero-order valence-corrected chi connectivity index (χ0v) is 13.2. The number of hydrogen-bond acceptors (Lipinski definition) is 3. The zero-order valence-electron chi connectivity index (χ0n) is 11.6. The van der Waals surface area contributed by atoms with E-state index in [1.165, 1.54) is 6.20 Å². The van der Waals surface area contributed by atoms with Gasteiger partial charge in [-0.15, -0.1) is 0 Å². The minimum Gasteiger partial charge on any atom is -0.385 e. The van der Waals surface area contributed by atoms with Crippen LogP contribution in [0.15, 0.2) is 16.7 Å². The lowest BCUT2D eigenvalue weighted by Gasteiger charge is -2.25. The Labute approximate surface area is 125 Å². The Balaban J connectivity index is 2.83. The van der Waals surface area contributed by atoms with E-state index in [2.05, 4.69) is 26.2 Å². The van der Waals surface area contributed by atoms with Crippen LogP contribution < -0.4 is 5.32 Å². The van der Waals surface area contributed by atoms with Gasteiger partial charge in [-0.2, -0.15) is 13.2 Å². The monoisotopic (exact) mass is 354 g/mol. The number of rotatable bonds is 6. The zero-order chi connectivity index (χ0) is 15.4. The van der Waals surface area contributed by atoms with Gasteiger partial charge in [0.1, 0.15) is 5.82 Å². The summed E-state index contributed by atoms with van der Waals surface area (Å²) < 4.78 is 44.1. The lowest BCUT2D eigenvalue weighted by molar-refractivity contribution is -0.137. The summed E-state index contributed by atoms with van der Waals surface area (Å²) in [4.78, 5) is 3.82. The van der Waals surface area contributed by atoms with Crippen molar-refractivity contribution < 1.29 is 17.9 Å². The summed E-state index contributed by atoms with van der Waals surface area (Å²) in [6.07, 6.45) is -2.34. The van der Waals surface area contributed by atoms with Crippen LogP contribution in [0.2, 0.25) is 0 Å². The quantitative estimate of drug-likeness (QED) is 0.825. The molecule has 0 aliphatic heterocycles. The van der Waals surface area contributed by atoms with Crippen LogP contribution in [0, 0.1) is 5.41 Å². The highest BCUT2D eigenvalue weighted by Crippen LogP contribution is 2.35. The lowest BCUT2D eigenvalue weighted by atomic mass is 9.89. The summed E-state index contributed by atoms with van der Waals surface area (Å²) in [5.41, 5.74) is -0.956. The van der Waals surface area contributed by atoms with Crippen molar-refractivity contribution in [2.75, 3.05) is 25.6 Å². The van der Waals surface area contributed by atoms with Crippen molar-refractivity contribution in [3.63, 3.8) is 0 Å². The molecule has 0 saturated heterocycles. The number of hydrogen-bond donors (Lipinski definition) is 1. The van der Waals surface area contributed by atoms with Crippen LogP contribution in [0.1, 0.15) is 25.8 Å². The molecule has 0 aliphatic rings. The van der Waals surface area contributed by atoms with E-state index >= 15 is 0 Å². The third-order valence-corrected chi connectivity index (χ3v) is 3.31. The number of nitrogens with zero attached hydrogens (tertiary/aromatic N) is 1. The van der Waals surface area contributed by atoms with E-state index in [1.807, 2.05) is 13.8 Å². The first-order chi connectivity index (χ1) is 9.15. The summed E-state index contributed by atoms with van der Waals surface area (Å²) in [6.45, 7) is 4.87. The molecule has 0 bridgehead atoms. The van der Waals surface area contributed by atoms with Crippen molar-refractivity contribution in [2.45, 2.75) is 26.4 Å². The Morgan fingerprint density at radius 3 is 2.55 bits per heavy atom. The van der Waals surface area contributed by atoms with Gasteiger partial charge in [0, 0.05) is 30.9 Å². The topological polar surface area (TPSA) is 34.1 Å². The summed E-state index contributed by atoms with van der Waals surface area (Å²) in [7, 11) is 1.60. The molecule has 0 aliphatic carbocycles.